The van der Waals surface area contributed by atoms with Gasteiger partial charge in [0.25, 0.3) is 0 Å². The number of carbonyl (C=O) groups excluding carboxylic acids is 1. The van der Waals surface area contributed by atoms with Gasteiger partial charge in [0.1, 0.15) is 17.3 Å². The predicted molar refractivity (Wildman–Crippen MR) is 74.5 cm³/mol. The molecule has 1 N–H and O–H groups in total. The van der Waals surface area contributed by atoms with Crippen molar-refractivity contribution in [3.8, 4) is 0 Å². The highest BCUT2D eigenvalue weighted by atomic mass is 35.5. The van der Waals surface area contributed by atoms with Crippen molar-refractivity contribution in [3.63, 3.8) is 0 Å². The van der Waals surface area contributed by atoms with Crippen LogP contribution in [0.2, 0.25) is 5.02 Å². The molecule has 2 heterocycles. The fourth-order valence-electron chi connectivity index (χ4n) is 1.67. The molecule has 0 aliphatic carbocycles. The first-order valence-electron chi connectivity index (χ1n) is 5.58. The van der Waals surface area contributed by atoms with Crippen LogP contribution in [0.25, 0.3) is 10.2 Å². The minimum atomic E-state index is -0.439. The van der Waals surface area contributed by atoms with E-state index in [2.05, 4.69) is 9.97 Å². The van der Waals surface area contributed by atoms with Crippen LogP contribution in [-0.4, -0.2) is 15.9 Å². The lowest BCUT2D eigenvalue weighted by atomic mass is 10.3. The van der Waals surface area contributed by atoms with Gasteiger partial charge in [-0.25, -0.2) is 9.78 Å². The number of nitrogens with zero attached hydrogens (tertiary/aromatic N) is 1. The van der Waals surface area contributed by atoms with Crippen LogP contribution < -0.4 is 0 Å². The number of nitrogens with one attached hydrogen (secondary N) is 1. The number of rotatable bonds is 3. The summed E-state index contributed by atoms with van der Waals surface area (Å²) in [5.74, 6) is -0.439. The van der Waals surface area contributed by atoms with Crippen LogP contribution in [0.1, 0.15) is 15.5 Å². The van der Waals surface area contributed by atoms with Gasteiger partial charge in [0.05, 0.1) is 15.2 Å². The van der Waals surface area contributed by atoms with Crippen LogP contribution in [0.5, 0.6) is 0 Å². The van der Waals surface area contributed by atoms with Crippen LogP contribution in [0.15, 0.2) is 36.5 Å². The van der Waals surface area contributed by atoms with Crippen molar-refractivity contribution in [2.24, 2.45) is 0 Å². The van der Waals surface area contributed by atoms with Gasteiger partial charge in [-0.3, -0.25) is 0 Å². The fraction of sp³-hybridized carbons (Fsp3) is 0.0769. The van der Waals surface area contributed by atoms with Crippen LogP contribution >= 0.6 is 22.9 Å². The van der Waals surface area contributed by atoms with Gasteiger partial charge < -0.3 is 9.72 Å². The zero-order valence-corrected chi connectivity index (χ0v) is 11.3. The number of H-pyrrole nitrogens is 1. The van der Waals surface area contributed by atoms with Crippen molar-refractivity contribution in [2.45, 2.75) is 6.61 Å². The number of hydrogen-bond acceptors (Lipinski definition) is 4. The summed E-state index contributed by atoms with van der Waals surface area (Å²) in [6, 6.07) is 9.34. The van der Waals surface area contributed by atoms with E-state index in [1.54, 1.807) is 0 Å². The Morgan fingerprint density at radius 2 is 2.26 bits per heavy atom. The van der Waals surface area contributed by atoms with Crippen LogP contribution in [-0.2, 0) is 11.3 Å². The van der Waals surface area contributed by atoms with Crippen molar-refractivity contribution < 1.29 is 9.53 Å². The molecule has 0 spiro atoms. The number of halogens is 1. The van der Waals surface area contributed by atoms with Gasteiger partial charge in [-0.2, -0.15) is 0 Å². The number of aromatic amines is 1. The first-order valence-corrected chi connectivity index (χ1v) is 6.77. The van der Waals surface area contributed by atoms with Crippen LogP contribution in [0, 0.1) is 0 Å². The number of ether oxygens (including phenoxy) is 1. The molecule has 3 aromatic rings. The highest BCUT2D eigenvalue weighted by Gasteiger charge is 2.11. The third-order valence-corrected chi connectivity index (χ3v) is 3.76. The fourth-order valence-corrected chi connectivity index (χ4v) is 2.72. The molecular formula is C13H9ClN2O2S. The van der Waals surface area contributed by atoms with Gasteiger partial charge in [0.2, 0.25) is 0 Å². The second kappa shape index (κ2) is 5.03. The molecule has 0 saturated carbocycles. The second-order valence-corrected chi connectivity index (χ2v) is 5.43. The maximum Gasteiger partial charge on any atom is 0.355 e. The Morgan fingerprint density at radius 3 is 3.00 bits per heavy atom. The molecule has 0 bridgehead atoms. The maximum absolute atomic E-state index is 11.7. The first-order chi connectivity index (χ1) is 9.22. The molecule has 0 fully saturated rings. The largest absolute Gasteiger partial charge is 0.454 e. The summed E-state index contributed by atoms with van der Waals surface area (Å²) in [6.45, 7) is 0.162. The number of para-hydroxylation sites is 1. The lowest BCUT2D eigenvalue weighted by Crippen LogP contribution is -2.05. The minimum Gasteiger partial charge on any atom is -0.454 e. The molecule has 0 radical (unpaired) electrons. The molecular weight excluding hydrogens is 284 g/mol. The number of hydrogen-bond donors (Lipinski definition) is 1. The molecule has 96 valence electrons. The summed E-state index contributed by atoms with van der Waals surface area (Å²) in [7, 11) is 0. The average Bonchev–Trinajstić information content (AvgIpc) is 3.01. The Morgan fingerprint density at radius 1 is 1.42 bits per heavy atom. The second-order valence-electron chi connectivity index (χ2n) is 3.88. The quantitative estimate of drug-likeness (QED) is 0.750. The Labute approximate surface area is 118 Å². The van der Waals surface area contributed by atoms with Crippen molar-refractivity contribution in [1.82, 2.24) is 9.97 Å². The van der Waals surface area contributed by atoms with Gasteiger partial charge in [-0.15, -0.1) is 11.3 Å². The van der Waals surface area contributed by atoms with Crippen LogP contribution in [0.3, 0.4) is 0 Å². The molecule has 1 aromatic carbocycles. The van der Waals surface area contributed by atoms with E-state index < -0.39 is 5.97 Å². The van der Waals surface area contributed by atoms with Gasteiger partial charge in [0, 0.05) is 6.20 Å². The Hall–Kier alpha value is -1.85. The SMILES string of the molecule is O=C(OCc1nc2ccccc2s1)c1cc(Cl)c[nH]1. The van der Waals surface area contributed by atoms with E-state index in [1.807, 2.05) is 24.3 Å². The van der Waals surface area contributed by atoms with Crippen molar-refractivity contribution in [1.29, 1.82) is 0 Å². The van der Waals surface area contributed by atoms with E-state index in [0.29, 0.717) is 10.7 Å². The van der Waals surface area contributed by atoms with E-state index in [9.17, 15) is 4.79 Å². The van der Waals surface area contributed by atoms with E-state index in [4.69, 9.17) is 16.3 Å². The van der Waals surface area contributed by atoms with Crippen molar-refractivity contribution in [2.75, 3.05) is 0 Å². The normalized spacial score (nSPS) is 10.8. The van der Waals surface area contributed by atoms with Gasteiger partial charge >= 0.3 is 5.97 Å². The summed E-state index contributed by atoms with van der Waals surface area (Å²) in [5, 5.41) is 1.25. The molecule has 0 saturated heterocycles. The third kappa shape index (κ3) is 2.62. The van der Waals surface area contributed by atoms with Gasteiger partial charge in [-0.1, -0.05) is 23.7 Å². The molecule has 2 aromatic heterocycles. The Kier molecular flexibility index (Phi) is 3.23. The zero-order valence-electron chi connectivity index (χ0n) is 9.72. The van der Waals surface area contributed by atoms with Gasteiger partial charge in [-0.05, 0) is 18.2 Å². The topological polar surface area (TPSA) is 55.0 Å². The molecule has 3 rings (SSSR count). The first kappa shape index (κ1) is 12.2. The third-order valence-electron chi connectivity index (χ3n) is 2.53. The Balaban J connectivity index is 1.70. The average molecular weight is 293 g/mol. The van der Waals surface area contributed by atoms with Crippen molar-refractivity contribution in [3.05, 3.63) is 52.3 Å². The summed E-state index contributed by atoms with van der Waals surface area (Å²) >= 11 is 7.24. The number of fused-ring (bicyclic) bond motifs is 1. The predicted octanol–water partition coefficient (Wildman–Crippen LogP) is 3.63. The summed E-state index contributed by atoms with van der Waals surface area (Å²) in [4.78, 5) is 18.8. The standard InChI is InChI=1S/C13H9ClN2O2S/c14-8-5-10(15-6-8)13(17)18-7-12-16-9-3-1-2-4-11(9)19-12/h1-6,15H,7H2. The van der Waals surface area contributed by atoms with E-state index in [1.165, 1.54) is 23.6 Å². The highest BCUT2D eigenvalue weighted by Crippen LogP contribution is 2.22. The highest BCUT2D eigenvalue weighted by molar-refractivity contribution is 7.18. The van der Waals surface area contributed by atoms with E-state index in [0.717, 1.165) is 15.2 Å². The maximum atomic E-state index is 11.7. The monoisotopic (exact) mass is 292 g/mol. The summed E-state index contributed by atoms with van der Waals surface area (Å²) < 4.78 is 6.26. The molecule has 0 amide bonds. The summed E-state index contributed by atoms with van der Waals surface area (Å²) in [6.07, 6.45) is 1.54. The molecule has 19 heavy (non-hydrogen) atoms. The molecule has 0 atom stereocenters. The number of esters is 1. The molecule has 0 aliphatic rings. The molecule has 4 nitrogen and oxygen atoms in total. The number of thiazole rings is 1. The number of carbonyl (C=O) groups is 1. The van der Waals surface area contributed by atoms with Crippen molar-refractivity contribution >= 4 is 39.1 Å². The molecule has 0 unspecified atom stereocenters. The molecule has 0 aliphatic heterocycles. The number of aromatic nitrogens is 2. The van der Waals surface area contributed by atoms with Gasteiger partial charge in [0.15, 0.2) is 0 Å². The lowest BCUT2D eigenvalue weighted by molar-refractivity contribution is 0.0466. The lowest BCUT2D eigenvalue weighted by Gasteiger charge is -1.99. The Bertz CT molecular complexity index is 702. The minimum absolute atomic E-state index is 0.162. The van der Waals surface area contributed by atoms with Crippen LogP contribution in [0.4, 0.5) is 0 Å². The smallest absolute Gasteiger partial charge is 0.355 e. The zero-order chi connectivity index (χ0) is 13.2. The molecule has 6 heteroatoms. The number of benzene rings is 1. The van der Waals surface area contributed by atoms with E-state index in [-0.39, 0.29) is 6.61 Å². The summed E-state index contributed by atoms with van der Waals surface area (Å²) in [5.41, 5.74) is 1.26. The van der Waals surface area contributed by atoms with E-state index >= 15 is 0 Å².